The number of nitrogens with two attached hydrogens (primary N) is 1. The second-order valence-corrected chi connectivity index (χ2v) is 6.38. The molecule has 2 aromatic carbocycles. The van der Waals surface area contributed by atoms with Gasteiger partial charge in [-0.2, -0.15) is 0 Å². The van der Waals surface area contributed by atoms with Crippen molar-refractivity contribution in [3.8, 4) is 0 Å². The summed E-state index contributed by atoms with van der Waals surface area (Å²) >= 11 is 0. The Hall–Kier alpha value is -1.79. The van der Waals surface area contributed by atoms with Gasteiger partial charge in [0, 0.05) is 12.1 Å². The lowest BCUT2D eigenvalue weighted by Crippen LogP contribution is -2.23. The Morgan fingerprint density at radius 2 is 1.60 bits per heavy atom. The number of sulfone groups is 1. The van der Waals surface area contributed by atoms with Gasteiger partial charge in [0.25, 0.3) is 0 Å². The van der Waals surface area contributed by atoms with Crippen LogP contribution < -0.4 is 5.73 Å². The third-order valence-corrected chi connectivity index (χ3v) is 5.11. The first-order chi connectivity index (χ1) is 9.46. The molecule has 0 saturated heterocycles. The van der Waals surface area contributed by atoms with Crippen LogP contribution >= 0.6 is 0 Å². The highest BCUT2D eigenvalue weighted by molar-refractivity contribution is 7.91. The highest BCUT2D eigenvalue weighted by Gasteiger charge is 2.29. The van der Waals surface area contributed by atoms with E-state index in [4.69, 9.17) is 5.73 Å². The molecular formula is C14H13F2NO2S. The molecule has 0 spiro atoms. The summed E-state index contributed by atoms with van der Waals surface area (Å²) in [6, 6.07) is 9.95. The van der Waals surface area contributed by atoms with Crippen molar-refractivity contribution in [3.63, 3.8) is 0 Å². The summed E-state index contributed by atoms with van der Waals surface area (Å²) in [4.78, 5) is -0.0856. The maximum atomic E-state index is 13.8. The molecule has 0 amide bonds. The van der Waals surface area contributed by atoms with Gasteiger partial charge in [-0.15, -0.1) is 0 Å². The second kappa shape index (κ2) is 5.68. The smallest absolute Gasteiger partial charge is 0.186 e. The molecule has 0 aromatic heterocycles. The topological polar surface area (TPSA) is 60.2 Å². The summed E-state index contributed by atoms with van der Waals surface area (Å²) < 4.78 is 51.5. The van der Waals surface area contributed by atoms with Gasteiger partial charge >= 0.3 is 0 Å². The third kappa shape index (κ3) is 2.71. The van der Waals surface area contributed by atoms with Crippen LogP contribution in [0.3, 0.4) is 0 Å². The van der Waals surface area contributed by atoms with Gasteiger partial charge < -0.3 is 5.73 Å². The first-order valence-corrected chi connectivity index (χ1v) is 7.45. The van der Waals surface area contributed by atoms with E-state index in [-0.39, 0.29) is 17.0 Å². The van der Waals surface area contributed by atoms with Gasteiger partial charge in [-0.3, -0.25) is 0 Å². The molecule has 0 aliphatic rings. The minimum atomic E-state index is -3.88. The number of rotatable bonds is 4. The molecule has 0 fully saturated rings. The SMILES string of the molecule is NC[C@@H](c1ccccc1F)S(=O)(=O)c1ccc(F)cc1. The van der Waals surface area contributed by atoms with Crippen molar-refractivity contribution >= 4 is 9.84 Å². The van der Waals surface area contributed by atoms with Crippen LogP contribution in [0.2, 0.25) is 0 Å². The van der Waals surface area contributed by atoms with E-state index in [1.807, 2.05) is 0 Å². The standard InChI is InChI=1S/C14H13F2NO2S/c15-10-5-7-11(8-6-10)20(18,19)14(9-17)12-3-1-2-4-13(12)16/h1-8,14H,9,17H2/t14-/m0/s1. The summed E-state index contributed by atoms with van der Waals surface area (Å²) in [7, 11) is -3.88. The quantitative estimate of drug-likeness (QED) is 0.882. The van der Waals surface area contributed by atoms with E-state index in [1.54, 1.807) is 6.07 Å². The van der Waals surface area contributed by atoms with Crippen LogP contribution in [0.15, 0.2) is 53.4 Å². The lowest BCUT2D eigenvalue weighted by Gasteiger charge is -2.17. The van der Waals surface area contributed by atoms with Crippen molar-refractivity contribution in [2.45, 2.75) is 10.1 Å². The molecule has 20 heavy (non-hydrogen) atoms. The van der Waals surface area contributed by atoms with E-state index in [1.165, 1.54) is 18.2 Å². The maximum absolute atomic E-state index is 13.8. The zero-order valence-corrected chi connectivity index (χ0v) is 11.3. The Morgan fingerprint density at radius 1 is 1.00 bits per heavy atom. The van der Waals surface area contributed by atoms with Gasteiger partial charge in [0.2, 0.25) is 0 Å². The normalized spacial score (nSPS) is 13.2. The molecule has 1 atom stereocenters. The van der Waals surface area contributed by atoms with Crippen LogP contribution in [0, 0.1) is 11.6 Å². The number of benzene rings is 2. The number of halogens is 2. The molecule has 3 nitrogen and oxygen atoms in total. The Labute approximate surface area is 116 Å². The van der Waals surface area contributed by atoms with Crippen molar-refractivity contribution in [1.82, 2.24) is 0 Å². The minimum Gasteiger partial charge on any atom is -0.329 e. The van der Waals surface area contributed by atoms with Gasteiger partial charge in [-0.05, 0) is 30.3 Å². The Morgan fingerprint density at radius 3 is 2.15 bits per heavy atom. The molecular weight excluding hydrogens is 284 g/mol. The van der Waals surface area contributed by atoms with Crippen LogP contribution in [-0.4, -0.2) is 15.0 Å². The molecule has 0 saturated carbocycles. The highest BCUT2D eigenvalue weighted by atomic mass is 32.2. The second-order valence-electron chi connectivity index (χ2n) is 4.24. The summed E-state index contributed by atoms with van der Waals surface area (Å²) in [6.45, 7) is -0.263. The molecule has 0 aliphatic carbocycles. The first-order valence-electron chi connectivity index (χ1n) is 5.91. The van der Waals surface area contributed by atoms with Crippen LogP contribution in [0.25, 0.3) is 0 Å². The maximum Gasteiger partial charge on any atom is 0.186 e. The summed E-state index contributed by atoms with van der Waals surface area (Å²) in [5.74, 6) is -1.17. The monoisotopic (exact) mass is 297 g/mol. The van der Waals surface area contributed by atoms with Crippen LogP contribution in [0.5, 0.6) is 0 Å². The van der Waals surface area contributed by atoms with Gasteiger partial charge in [-0.1, -0.05) is 18.2 Å². The van der Waals surface area contributed by atoms with E-state index in [9.17, 15) is 17.2 Å². The van der Waals surface area contributed by atoms with E-state index in [0.717, 1.165) is 24.3 Å². The van der Waals surface area contributed by atoms with Crippen LogP contribution in [0.1, 0.15) is 10.8 Å². The molecule has 106 valence electrons. The molecule has 0 aliphatic heterocycles. The van der Waals surface area contributed by atoms with Gasteiger partial charge in [0.15, 0.2) is 9.84 Å². The largest absolute Gasteiger partial charge is 0.329 e. The zero-order valence-electron chi connectivity index (χ0n) is 10.5. The van der Waals surface area contributed by atoms with Crippen LogP contribution in [0.4, 0.5) is 8.78 Å². The number of hydrogen-bond donors (Lipinski definition) is 1. The lowest BCUT2D eigenvalue weighted by atomic mass is 10.1. The fraction of sp³-hybridized carbons (Fsp3) is 0.143. The van der Waals surface area contributed by atoms with Crippen molar-refractivity contribution in [2.75, 3.05) is 6.54 Å². The summed E-state index contributed by atoms with van der Waals surface area (Å²) in [5.41, 5.74) is 5.52. The molecule has 0 heterocycles. The van der Waals surface area contributed by atoms with E-state index in [2.05, 4.69) is 0 Å². The molecule has 0 radical (unpaired) electrons. The predicted molar refractivity (Wildman–Crippen MR) is 71.8 cm³/mol. The van der Waals surface area contributed by atoms with Gasteiger partial charge in [-0.25, -0.2) is 17.2 Å². The predicted octanol–water partition coefficient (Wildman–Crippen LogP) is 2.44. The molecule has 6 heteroatoms. The summed E-state index contributed by atoms with van der Waals surface area (Å²) in [6.07, 6.45) is 0. The lowest BCUT2D eigenvalue weighted by molar-refractivity contribution is 0.568. The first kappa shape index (κ1) is 14.6. The average molecular weight is 297 g/mol. The molecule has 0 bridgehead atoms. The molecule has 2 N–H and O–H groups in total. The third-order valence-electron chi connectivity index (χ3n) is 2.98. The van der Waals surface area contributed by atoms with Crippen molar-refractivity contribution in [2.24, 2.45) is 5.73 Å². The highest BCUT2D eigenvalue weighted by Crippen LogP contribution is 2.29. The van der Waals surface area contributed by atoms with Gasteiger partial charge in [0.05, 0.1) is 4.90 Å². The van der Waals surface area contributed by atoms with E-state index in [0.29, 0.717) is 0 Å². The van der Waals surface area contributed by atoms with Crippen molar-refractivity contribution < 1.29 is 17.2 Å². The Kier molecular flexibility index (Phi) is 4.15. The summed E-state index contributed by atoms with van der Waals surface area (Å²) in [5, 5.41) is -1.20. The van der Waals surface area contributed by atoms with Crippen molar-refractivity contribution in [3.05, 3.63) is 65.7 Å². The van der Waals surface area contributed by atoms with E-state index >= 15 is 0 Å². The van der Waals surface area contributed by atoms with Crippen molar-refractivity contribution in [1.29, 1.82) is 0 Å². The Balaban J connectivity index is 2.51. The van der Waals surface area contributed by atoms with E-state index < -0.39 is 26.7 Å². The fourth-order valence-electron chi connectivity index (χ4n) is 1.95. The van der Waals surface area contributed by atoms with Gasteiger partial charge in [0.1, 0.15) is 16.9 Å². The fourth-order valence-corrected chi connectivity index (χ4v) is 3.57. The zero-order chi connectivity index (χ0) is 14.8. The van der Waals surface area contributed by atoms with Crippen LogP contribution in [-0.2, 0) is 9.84 Å². The average Bonchev–Trinajstić information content (AvgIpc) is 2.42. The Bertz CT molecular complexity index is 699. The molecule has 2 aromatic rings. The molecule has 2 rings (SSSR count). The molecule has 0 unspecified atom stereocenters. The number of hydrogen-bond acceptors (Lipinski definition) is 3. The minimum absolute atomic E-state index is 0.0133.